The van der Waals surface area contributed by atoms with Crippen LogP contribution in [0.1, 0.15) is 45.4 Å². The first-order valence-electron chi connectivity index (χ1n) is 5.74. The molecule has 3 nitrogen and oxygen atoms in total. The summed E-state index contributed by atoms with van der Waals surface area (Å²) in [4.78, 5) is 25.3. The summed E-state index contributed by atoms with van der Waals surface area (Å²) in [7, 11) is 0. The molecule has 0 bridgehead atoms. The van der Waals surface area contributed by atoms with Crippen LogP contribution in [-0.2, 0) is 4.79 Å². The zero-order valence-corrected chi connectivity index (χ0v) is 9.94. The highest BCUT2D eigenvalue weighted by Gasteiger charge is 2.53. The predicted octanol–water partition coefficient (Wildman–Crippen LogP) is 2.79. The molecule has 0 atom stereocenters. The summed E-state index contributed by atoms with van der Waals surface area (Å²) in [5.41, 5.74) is 0. The summed E-state index contributed by atoms with van der Waals surface area (Å²) in [5, 5.41) is -0.0182. The normalized spacial score (nSPS) is 24.5. The van der Waals surface area contributed by atoms with Crippen LogP contribution in [0.4, 0.5) is 4.79 Å². The van der Waals surface area contributed by atoms with Gasteiger partial charge in [-0.2, -0.15) is 0 Å². The zero-order chi connectivity index (χ0) is 10.9. The summed E-state index contributed by atoms with van der Waals surface area (Å²) in [6.07, 6.45) is 5.92. The summed E-state index contributed by atoms with van der Waals surface area (Å²) >= 11 is 1.28. The fraction of sp³-hybridized carbons (Fsp3) is 0.818. The van der Waals surface area contributed by atoms with Gasteiger partial charge in [-0.15, -0.1) is 0 Å². The van der Waals surface area contributed by atoms with Crippen molar-refractivity contribution in [2.75, 3.05) is 6.54 Å². The van der Waals surface area contributed by atoms with E-state index in [1.165, 1.54) is 16.7 Å². The van der Waals surface area contributed by atoms with Crippen LogP contribution in [0.5, 0.6) is 0 Å². The summed E-state index contributed by atoms with van der Waals surface area (Å²) < 4.78 is -0.356. The lowest BCUT2D eigenvalue weighted by Crippen LogP contribution is -2.38. The van der Waals surface area contributed by atoms with Crippen molar-refractivity contribution < 1.29 is 9.59 Å². The van der Waals surface area contributed by atoms with E-state index in [1.807, 2.05) is 0 Å². The minimum atomic E-state index is -0.356. The fourth-order valence-electron chi connectivity index (χ4n) is 2.37. The first-order chi connectivity index (χ1) is 7.19. The topological polar surface area (TPSA) is 37.4 Å². The van der Waals surface area contributed by atoms with Gasteiger partial charge in [0.1, 0.15) is 4.75 Å². The SMILES string of the molecule is CCCCN1C(=O)SC2(CCCC2)C1=O. The summed E-state index contributed by atoms with van der Waals surface area (Å²) in [6.45, 7) is 2.69. The maximum absolute atomic E-state index is 12.1. The molecule has 15 heavy (non-hydrogen) atoms. The van der Waals surface area contributed by atoms with Crippen LogP contribution in [0.25, 0.3) is 0 Å². The third kappa shape index (κ3) is 1.80. The van der Waals surface area contributed by atoms with Gasteiger partial charge in [0.15, 0.2) is 0 Å². The predicted molar refractivity (Wildman–Crippen MR) is 60.8 cm³/mol. The quantitative estimate of drug-likeness (QED) is 0.744. The second-order valence-corrected chi connectivity index (χ2v) is 5.71. The molecule has 0 aromatic heterocycles. The lowest BCUT2D eigenvalue weighted by atomic mass is 10.1. The molecule has 0 N–H and O–H groups in total. The smallest absolute Gasteiger partial charge is 0.273 e. The Morgan fingerprint density at radius 1 is 1.33 bits per heavy atom. The highest BCUT2D eigenvalue weighted by Crippen LogP contribution is 2.48. The Kier molecular flexibility index (Phi) is 3.05. The molecule has 2 rings (SSSR count). The Morgan fingerprint density at radius 3 is 2.60 bits per heavy atom. The molecule has 1 spiro atoms. The standard InChI is InChI=1S/C11H17NO2S/c1-2-3-8-12-9(13)11(15-10(12)14)6-4-5-7-11/h2-8H2,1H3. The number of rotatable bonds is 3. The second kappa shape index (κ2) is 4.16. The number of hydrogen-bond donors (Lipinski definition) is 0. The van der Waals surface area contributed by atoms with Crippen LogP contribution in [0.2, 0.25) is 0 Å². The molecule has 4 heteroatoms. The molecule has 2 amide bonds. The van der Waals surface area contributed by atoms with Crippen LogP contribution in [-0.4, -0.2) is 27.3 Å². The number of imide groups is 1. The Labute approximate surface area is 94.6 Å². The highest BCUT2D eigenvalue weighted by atomic mass is 32.2. The molecule has 1 saturated heterocycles. The molecule has 0 aromatic carbocycles. The number of hydrogen-bond acceptors (Lipinski definition) is 3. The average Bonchev–Trinajstić information content (AvgIpc) is 2.75. The van der Waals surface area contributed by atoms with Crippen molar-refractivity contribution in [2.24, 2.45) is 0 Å². The van der Waals surface area contributed by atoms with E-state index in [2.05, 4.69) is 6.92 Å². The van der Waals surface area contributed by atoms with Crippen LogP contribution < -0.4 is 0 Å². The lowest BCUT2D eigenvalue weighted by Gasteiger charge is -2.19. The Bertz CT molecular complexity index is 284. The van der Waals surface area contributed by atoms with Crippen molar-refractivity contribution in [1.82, 2.24) is 4.90 Å². The fourth-order valence-corrected chi connectivity index (χ4v) is 3.67. The van der Waals surface area contributed by atoms with Gasteiger partial charge in [0, 0.05) is 6.54 Å². The maximum Gasteiger partial charge on any atom is 0.289 e. The van der Waals surface area contributed by atoms with E-state index in [-0.39, 0.29) is 15.9 Å². The Morgan fingerprint density at radius 2 is 2.00 bits per heavy atom. The zero-order valence-electron chi connectivity index (χ0n) is 9.12. The number of carbonyl (C=O) groups is 2. The van der Waals surface area contributed by atoms with Crippen LogP contribution in [0, 0.1) is 0 Å². The van der Waals surface area contributed by atoms with Crippen LogP contribution in [0.15, 0.2) is 0 Å². The minimum absolute atomic E-state index is 0.0182. The van der Waals surface area contributed by atoms with E-state index in [0.717, 1.165) is 38.5 Å². The molecule has 1 heterocycles. The molecule has 1 aliphatic heterocycles. The Hall–Kier alpha value is -0.510. The van der Waals surface area contributed by atoms with Gasteiger partial charge in [0.05, 0.1) is 0 Å². The number of thioether (sulfide) groups is 1. The van der Waals surface area contributed by atoms with Crippen molar-refractivity contribution in [1.29, 1.82) is 0 Å². The third-order valence-electron chi connectivity index (χ3n) is 3.28. The lowest BCUT2D eigenvalue weighted by molar-refractivity contribution is -0.129. The van der Waals surface area contributed by atoms with Crippen LogP contribution >= 0.6 is 11.8 Å². The summed E-state index contributed by atoms with van der Waals surface area (Å²) in [6, 6.07) is 0. The molecule has 1 aliphatic carbocycles. The molecule has 84 valence electrons. The largest absolute Gasteiger partial charge is 0.289 e. The van der Waals surface area contributed by atoms with Gasteiger partial charge in [-0.05, 0) is 31.0 Å². The van der Waals surface area contributed by atoms with Gasteiger partial charge >= 0.3 is 0 Å². The minimum Gasteiger partial charge on any atom is -0.273 e. The van der Waals surface area contributed by atoms with Crippen molar-refractivity contribution in [3.63, 3.8) is 0 Å². The number of nitrogens with zero attached hydrogens (tertiary/aromatic N) is 1. The molecule has 0 radical (unpaired) electrons. The van der Waals surface area contributed by atoms with Gasteiger partial charge in [-0.1, -0.05) is 26.2 Å². The highest BCUT2D eigenvalue weighted by molar-refractivity contribution is 8.16. The van der Waals surface area contributed by atoms with E-state index in [0.29, 0.717) is 6.54 Å². The van der Waals surface area contributed by atoms with E-state index >= 15 is 0 Å². The number of amides is 2. The van der Waals surface area contributed by atoms with E-state index < -0.39 is 0 Å². The maximum atomic E-state index is 12.1. The first-order valence-corrected chi connectivity index (χ1v) is 6.56. The molecule has 2 fully saturated rings. The van der Waals surface area contributed by atoms with E-state index in [4.69, 9.17) is 0 Å². The summed E-state index contributed by atoms with van der Waals surface area (Å²) in [5.74, 6) is 0.0865. The first kappa shape index (κ1) is 11.0. The Balaban J connectivity index is 2.08. The number of carbonyl (C=O) groups excluding carboxylic acids is 2. The molecule has 0 aromatic rings. The average molecular weight is 227 g/mol. The second-order valence-electron chi connectivity index (χ2n) is 4.38. The molecular weight excluding hydrogens is 210 g/mol. The van der Waals surface area contributed by atoms with Crippen molar-refractivity contribution in [3.8, 4) is 0 Å². The number of unbranched alkanes of at least 4 members (excludes halogenated alkanes) is 1. The molecule has 0 unspecified atom stereocenters. The van der Waals surface area contributed by atoms with Gasteiger partial charge in [0.2, 0.25) is 5.91 Å². The molecule has 1 saturated carbocycles. The van der Waals surface area contributed by atoms with Gasteiger partial charge in [-0.25, -0.2) is 0 Å². The van der Waals surface area contributed by atoms with Crippen molar-refractivity contribution >= 4 is 22.9 Å². The molecular formula is C11H17NO2S. The van der Waals surface area contributed by atoms with E-state index in [9.17, 15) is 9.59 Å². The van der Waals surface area contributed by atoms with Crippen molar-refractivity contribution in [3.05, 3.63) is 0 Å². The van der Waals surface area contributed by atoms with Crippen molar-refractivity contribution in [2.45, 2.75) is 50.2 Å². The third-order valence-corrected chi connectivity index (χ3v) is 4.65. The van der Waals surface area contributed by atoms with E-state index in [1.54, 1.807) is 0 Å². The van der Waals surface area contributed by atoms with Gasteiger partial charge in [0.25, 0.3) is 5.24 Å². The van der Waals surface area contributed by atoms with Gasteiger partial charge < -0.3 is 0 Å². The van der Waals surface area contributed by atoms with Gasteiger partial charge in [-0.3, -0.25) is 14.5 Å². The molecule has 2 aliphatic rings. The van der Waals surface area contributed by atoms with Crippen LogP contribution in [0.3, 0.4) is 0 Å². The monoisotopic (exact) mass is 227 g/mol.